The molecular weight excluding hydrogens is 415 g/mol. The molecule has 0 bridgehead atoms. The summed E-state index contributed by atoms with van der Waals surface area (Å²) >= 11 is 0.880. The lowest BCUT2D eigenvalue weighted by molar-refractivity contribution is -0.342. The Morgan fingerprint density at radius 2 is 2.06 bits per heavy atom. The van der Waals surface area contributed by atoms with Gasteiger partial charge in [0, 0.05) is 18.8 Å². The first-order chi connectivity index (χ1) is 15.3. The van der Waals surface area contributed by atoms with Crippen LogP contribution in [0.5, 0.6) is 0 Å². The Balaban J connectivity index is 1.56. The normalized spacial score (nSPS) is 38.1. The number of carboxylic acids is 1. The number of ether oxygens (including phenoxy) is 3. The summed E-state index contributed by atoms with van der Waals surface area (Å²) in [5.41, 5.74) is 0. The standard InChI is InChI=1S/C23H40BO6S/c1-15(2)21-8-7-16(3)14-23(21)27-10-9-19(29-23)11-17-5-4-6-18(28-17)12-20(30-31-24)13-22(25)26/h15-21,24H,4-14H2,1-3H3,(H,25,26)/t16-,17-,18+,19+,20+,21+,23+/m1/s1/i24T. The van der Waals surface area contributed by atoms with Crippen molar-refractivity contribution in [2.24, 2.45) is 17.8 Å². The van der Waals surface area contributed by atoms with Gasteiger partial charge >= 0.3 is 5.97 Å². The molecule has 0 aromatic heterocycles. The van der Waals surface area contributed by atoms with Gasteiger partial charge in [0.2, 0.25) is 7.09 Å². The van der Waals surface area contributed by atoms with Gasteiger partial charge in [-0.25, -0.2) is 0 Å². The summed E-state index contributed by atoms with van der Waals surface area (Å²) in [4.78, 5) is 11.2. The molecule has 0 aromatic rings. The summed E-state index contributed by atoms with van der Waals surface area (Å²) in [6, 6.07) is 0. The largest absolute Gasteiger partial charge is 0.481 e. The van der Waals surface area contributed by atoms with Crippen LogP contribution in [0.15, 0.2) is 0 Å². The number of hydrogen-bond acceptors (Lipinski definition) is 6. The maximum atomic E-state index is 11.2. The predicted octanol–water partition coefficient (Wildman–Crippen LogP) is 4.62. The average Bonchev–Trinajstić information content (AvgIpc) is 2.71. The van der Waals surface area contributed by atoms with Gasteiger partial charge in [-0.05, 0) is 51.7 Å². The second-order valence-corrected chi connectivity index (χ2v) is 10.5. The molecule has 6 nitrogen and oxygen atoms in total. The van der Waals surface area contributed by atoms with Crippen molar-refractivity contribution in [1.82, 2.24) is 0 Å². The molecule has 1 saturated carbocycles. The molecule has 0 aromatic carbocycles. The first kappa shape index (κ1) is 23.9. The molecule has 0 amide bonds. The zero-order chi connectivity index (χ0) is 23.1. The minimum atomic E-state index is -0.893. The van der Waals surface area contributed by atoms with Crippen LogP contribution in [0.2, 0.25) is 0 Å². The number of aliphatic carboxylic acids is 1. The van der Waals surface area contributed by atoms with E-state index in [1.807, 2.05) is 0 Å². The van der Waals surface area contributed by atoms with Gasteiger partial charge in [-0.2, -0.15) is 0 Å². The maximum Gasteiger partial charge on any atom is 0.306 e. The molecule has 3 rings (SSSR count). The Kier molecular flexibility index (Phi) is 9.03. The lowest BCUT2D eigenvalue weighted by Crippen LogP contribution is -2.55. The van der Waals surface area contributed by atoms with Crippen LogP contribution in [0.3, 0.4) is 0 Å². The van der Waals surface area contributed by atoms with Crippen molar-refractivity contribution < 1.29 is 28.3 Å². The topological polar surface area (TPSA) is 74.2 Å². The lowest BCUT2D eigenvalue weighted by Gasteiger charge is -2.51. The second kappa shape index (κ2) is 11.7. The first-order valence-corrected chi connectivity index (χ1v) is 12.8. The van der Waals surface area contributed by atoms with Gasteiger partial charge in [0.05, 0.1) is 37.4 Å². The molecule has 7 atom stereocenters. The Morgan fingerprint density at radius 1 is 1.26 bits per heavy atom. The van der Waals surface area contributed by atoms with Crippen LogP contribution in [0.25, 0.3) is 0 Å². The van der Waals surface area contributed by atoms with Gasteiger partial charge < -0.3 is 23.5 Å². The molecule has 31 heavy (non-hydrogen) atoms. The van der Waals surface area contributed by atoms with E-state index in [-0.39, 0.29) is 24.7 Å². The number of carbonyl (C=O) groups is 1. The van der Waals surface area contributed by atoms with Crippen LogP contribution in [0.1, 0.15) is 85.0 Å². The third kappa shape index (κ3) is 7.10. The minimum absolute atomic E-state index is 0.0173. The van der Waals surface area contributed by atoms with Gasteiger partial charge in [-0.3, -0.25) is 4.79 Å². The molecule has 1 aliphatic carbocycles. The van der Waals surface area contributed by atoms with Crippen molar-refractivity contribution in [3.05, 3.63) is 0 Å². The first-order valence-electron chi connectivity index (χ1n) is 12.6. The number of hydrogen-bond donors (Lipinski definition) is 1. The number of carboxylic acid groups (broad SMARTS) is 1. The zero-order valence-corrected chi connectivity index (χ0v) is 20.1. The summed E-state index contributed by atoms with van der Waals surface area (Å²) in [6.07, 6.45) is 8.35. The molecule has 8 heteroatoms. The fourth-order valence-electron chi connectivity index (χ4n) is 5.81. The Morgan fingerprint density at radius 3 is 2.81 bits per heavy atom. The van der Waals surface area contributed by atoms with Crippen LogP contribution in [0.4, 0.5) is 0 Å². The number of rotatable bonds is 10. The monoisotopic (exact) mass is 457 g/mol. The molecule has 3 fully saturated rings. The van der Waals surface area contributed by atoms with E-state index in [1.54, 1.807) is 0 Å². The van der Waals surface area contributed by atoms with E-state index in [1.165, 1.54) is 6.42 Å². The van der Waals surface area contributed by atoms with Gasteiger partial charge in [-0.15, -0.1) is 0 Å². The molecule has 3 aliphatic rings. The highest BCUT2D eigenvalue weighted by molar-refractivity contribution is 8.15. The van der Waals surface area contributed by atoms with Crippen molar-refractivity contribution in [2.45, 2.75) is 115 Å². The molecule has 2 heterocycles. The SMILES string of the molecule is [3H][B]SO[C@H](CC(=O)O)C[C@@H]1CCC[C@H](C[C@@H]2CCO[C@@]3(C[C@H](C)CC[C@H]3C(C)C)O2)O1. The smallest absolute Gasteiger partial charge is 0.306 e. The van der Waals surface area contributed by atoms with E-state index in [9.17, 15) is 4.79 Å². The highest BCUT2D eigenvalue weighted by Crippen LogP contribution is 2.47. The average molecular weight is 457 g/mol. The fraction of sp³-hybridized carbons (Fsp3) is 0.957. The molecule has 2 aliphatic heterocycles. The van der Waals surface area contributed by atoms with Gasteiger partial charge in [0.15, 0.2) is 5.79 Å². The van der Waals surface area contributed by atoms with E-state index in [4.69, 9.17) is 24.8 Å². The zero-order valence-electron chi connectivity index (χ0n) is 20.3. The highest BCUT2D eigenvalue weighted by Gasteiger charge is 2.50. The Labute approximate surface area is 194 Å². The molecule has 0 unspecified atom stereocenters. The van der Waals surface area contributed by atoms with Gasteiger partial charge in [-0.1, -0.05) is 39.1 Å². The van der Waals surface area contributed by atoms with Crippen molar-refractivity contribution in [3.8, 4) is 0 Å². The van der Waals surface area contributed by atoms with E-state index < -0.39 is 17.9 Å². The summed E-state index contributed by atoms with van der Waals surface area (Å²) in [7, 11) is 1.08. The van der Waals surface area contributed by atoms with Crippen LogP contribution < -0.4 is 0 Å². The quantitative estimate of drug-likeness (QED) is 0.379. The predicted molar refractivity (Wildman–Crippen MR) is 123 cm³/mol. The molecule has 2 saturated heterocycles. The Hall–Kier alpha value is -0.275. The molecule has 1 spiro atoms. The van der Waals surface area contributed by atoms with Crippen LogP contribution >= 0.6 is 11.9 Å². The van der Waals surface area contributed by atoms with Gasteiger partial charge in [0.1, 0.15) is 0 Å². The highest BCUT2D eigenvalue weighted by atomic mass is 32.2. The summed E-state index contributed by atoms with van der Waals surface area (Å²) < 4.78 is 32.1. The van der Waals surface area contributed by atoms with Crippen molar-refractivity contribution >= 4 is 25.0 Å². The molecule has 1 radical (unpaired) electrons. The van der Waals surface area contributed by atoms with Crippen LogP contribution in [0, 0.1) is 17.8 Å². The lowest BCUT2D eigenvalue weighted by atomic mass is 9.72. The third-order valence-corrected chi connectivity index (χ3v) is 7.59. The minimum Gasteiger partial charge on any atom is -0.481 e. The Bertz CT molecular complexity index is 599. The summed E-state index contributed by atoms with van der Waals surface area (Å²) in [6.45, 7) is 7.60. The van der Waals surface area contributed by atoms with E-state index in [2.05, 4.69) is 20.8 Å². The maximum absolute atomic E-state index is 11.2. The van der Waals surface area contributed by atoms with Crippen molar-refractivity contribution in [1.29, 1.82) is 1.34 Å². The third-order valence-electron chi connectivity index (χ3n) is 7.21. The molecular formula is C23H40BO6S. The van der Waals surface area contributed by atoms with E-state index >= 15 is 0 Å². The van der Waals surface area contributed by atoms with Gasteiger partial charge in [0.25, 0.3) is 0 Å². The van der Waals surface area contributed by atoms with Crippen molar-refractivity contribution in [2.75, 3.05) is 6.61 Å². The molecule has 1 N–H and O–H groups in total. The summed E-state index contributed by atoms with van der Waals surface area (Å²) in [5, 5.41) is 9.17. The van der Waals surface area contributed by atoms with Crippen molar-refractivity contribution in [3.63, 3.8) is 0 Å². The van der Waals surface area contributed by atoms with Crippen LogP contribution in [-0.4, -0.2) is 56.3 Å². The van der Waals surface area contributed by atoms with Crippen LogP contribution in [-0.2, 0) is 23.2 Å². The summed E-state index contributed by atoms with van der Waals surface area (Å²) in [5.74, 6) is 0.232. The molecule has 177 valence electrons. The fourth-order valence-corrected chi connectivity index (χ4v) is 6.12. The van der Waals surface area contributed by atoms with E-state index in [0.29, 0.717) is 24.2 Å². The van der Waals surface area contributed by atoms with E-state index in [0.717, 1.165) is 70.5 Å². The second-order valence-electron chi connectivity index (χ2n) is 10.1.